The smallest absolute Gasteiger partial charge is 0.243 e. The molecule has 0 saturated carbocycles. The van der Waals surface area contributed by atoms with Gasteiger partial charge in [0.05, 0.1) is 16.3 Å². The first-order valence-electron chi connectivity index (χ1n) is 8.03. The van der Waals surface area contributed by atoms with Gasteiger partial charge in [-0.05, 0) is 43.3 Å². The number of carbonyl (C=O) groups is 1. The van der Waals surface area contributed by atoms with Crippen molar-refractivity contribution in [3.8, 4) is 0 Å². The zero-order chi connectivity index (χ0) is 20.2. The van der Waals surface area contributed by atoms with Crippen LogP contribution in [0.4, 0.5) is 5.69 Å². The lowest BCUT2D eigenvalue weighted by Gasteiger charge is -2.20. The fourth-order valence-corrected chi connectivity index (χ4v) is 4.24. The molecule has 10 heteroatoms. The molecule has 0 aromatic heterocycles. The number of nitrogens with one attached hydrogen (secondary N) is 1. The molecule has 3 N–H and O–H groups in total. The van der Waals surface area contributed by atoms with Crippen LogP contribution in [0.1, 0.15) is 12.5 Å². The van der Waals surface area contributed by atoms with Crippen LogP contribution in [0.15, 0.2) is 58.3 Å². The molecule has 0 fully saturated rings. The monoisotopic (exact) mass is 411 g/mol. The van der Waals surface area contributed by atoms with Crippen LogP contribution in [0.2, 0.25) is 0 Å². The van der Waals surface area contributed by atoms with E-state index in [2.05, 4.69) is 5.32 Å². The number of hydrogen-bond donors (Lipinski definition) is 2. The molecule has 0 bridgehead atoms. The number of rotatable bonds is 7. The highest BCUT2D eigenvalue weighted by Crippen LogP contribution is 2.17. The van der Waals surface area contributed by atoms with Crippen molar-refractivity contribution >= 4 is 31.6 Å². The molecule has 0 saturated heterocycles. The molecule has 8 nitrogen and oxygen atoms in total. The molecular weight excluding hydrogens is 390 g/mol. The van der Waals surface area contributed by atoms with Crippen molar-refractivity contribution in [1.82, 2.24) is 4.31 Å². The lowest BCUT2D eigenvalue weighted by atomic mass is 10.2. The standard InChI is InChI=1S/C17H21N3O5S2/c1-3-20(27(24,25)16-8-4-13(2)5-9-16)12-17(21)19-14-6-10-15(11-7-14)26(18,22)23/h4-11H,3,12H2,1-2H3,(H,19,21)(H2,18,22,23). The van der Waals surface area contributed by atoms with Gasteiger partial charge in [0.1, 0.15) is 0 Å². The van der Waals surface area contributed by atoms with Gasteiger partial charge in [-0.3, -0.25) is 4.79 Å². The summed E-state index contributed by atoms with van der Waals surface area (Å²) >= 11 is 0. The van der Waals surface area contributed by atoms with Gasteiger partial charge >= 0.3 is 0 Å². The third-order valence-corrected chi connectivity index (χ3v) is 6.66. The molecule has 146 valence electrons. The van der Waals surface area contributed by atoms with Gasteiger partial charge in [0, 0.05) is 12.2 Å². The van der Waals surface area contributed by atoms with E-state index in [1.165, 1.54) is 36.4 Å². The predicted molar refractivity (Wildman–Crippen MR) is 102 cm³/mol. The molecule has 0 heterocycles. The van der Waals surface area contributed by atoms with E-state index in [9.17, 15) is 21.6 Å². The Kier molecular flexibility index (Phi) is 6.37. The Morgan fingerprint density at radius 1 is 0.963 bits per heavy atom. The summed E-state index contributed by atoms with van der Waals surface area (Å²) in [5.74, 6) is -0.545. The van der Waals surface area contributed by atoms with Crippen LogP contribution >= 0.6 is 0 Å². The highest BCUT2D eigenvalue weighted by Gasteiger charge is 2.25. The zero-order valence-corrected chi connectivity index (χ0v) is 16.5. The van der Waals surface area contributed by atoms with Gasteiger partial charge < -0.3 is 5.32 Å². The van der Waals surface area contributed by atoms with Crippen molar-refractivity contribution in [2.24, 2.45) is 5.14 Å². The van der Waals surface area contributed by atoms with Crippen molar-refractivity contribution in [2.45, 2.75) is 23.6 Å². The average Bonchev–Trinajstić information content (AvgIpc) is 2.59. The topological polar surface area (TPSA) is 127 Å². The summed E-state index contributed by atoms with van der Waals surface area (Å²) in [5.41, 5.74) is 1.26. The third-order valence-electron chi connectivity index (χ3n) is 3.80. The maximum absolute atomic E-state index is 12.7. The van der Waals surface area contributed by atoms with Crippen LogP contribution in [0.5, 0.6) is 0 Å². The Bertz CT molecular complexity index is 1020. The van der Waals surface area contributed by atoms with Crippen molar-refractivity contribution in [1.29, 1.82) is 0 Å². The van der Waals surface area contributed by atoms with E-state index in [0.717, 1.165) is 9.87 Å². The fraction of sp³-hybridized carbons (Fsp3) is 0.235. The second kappa shape index (κ2) is 8.17. The average molecular weight is 412 g/mol. The van der Waals surface area contributed by atoms with Gasteiger partial charge in [0.15, 0.2) is 0 Å². The first-order chi connectivity index (χ1) is 12.5. The van der Waals surface area contributed by atoms with E-state index in [1.807, 2.05) is 6.92 Å². The number of primary sulfonamides is 1. The lowest BCUT2D eigenvalue weighted by molar-refractivity contribution is -0.116. The summed E-state index contributed by atoms with van der Waals surface area (Å²) in [6, 6.07) is 11.6. The van der Waals surface area contributed by atoms with E-state index in [1.54, 1.807) is 19.1 Å². The number of amides is 1. The van der Waals surface area contributed by atoms with Crippen LogP contribution in [-0.2, 0) is 24.8 Å². The summed E-state index contributed by atoms with van der Waals surface area (Å²) in [4.78, 5) is 12.3. The lowest BCUT2D eigenvalue weighted by Crippen LogP contribution is -2.37. The Morgan fingerprint density at radius 3 is 1.96 bits per heavy atom. The molecular formula is C17H21N3O5S2. The van der Waals surface area contributed by atoms with E-state index in [4.69, 9.17) is 5.14 Å². The number of nitrogens with zero attached hydrogens (tertiary/aromatic N) is 1. The molecule has 27 heavy (non-hydrogen) atoms. The molecule has 0 aliphatic rings. The van der Waals surface area contributed by atoms with E-state index >= 15 is 0 Å². The van der Waals surface area contributed by atoms with Gasteiger partial charge in [0.25, 0.3) is 0 Å². The zero-order valence-electron chi connectivity index (χ0n) is 14.9. The van der Waals surface area contributed by atoms with Crippen LogP contribution < -0.4 is 10.5 Å². The summed E-state index contributed by atoms with van der Waals surface area (Å²) in [5, 5.41) is 7.55. The van der Waals surface area contributed by atoms with Gasteiger partial charge in [-0.15, -0.1) is 0 Å². The van der Waals surface area contributed by atoms with Crippen LogP contribution in [0.25, 0.3) is 0 Å². The molecule has 1 amide bonds. The summed E-state index contributed by atoms with van der Waals surface area (Å²) in [6.07, 6.45) is 0. The van der Waals surface area contributed by atoms with Gasteiger partial charge in [-0.25, -0.2) is 22.0 Å². The second-order valence-electron chi connectivity index (χ2n) is 5.86. The number of sulfonamides is 2. The first-order valence-corrected chi connectivity index (χ1v) is 11.0. The summed E-state index contributed by atoms with van der Waals surface area (Å²) in [7, 11) is -7.63. The number of benzene rings is 2. The van der Waals surface area contributed by atoms with Gasteiger partial charge in [0.2, 0.25) is 26.0 Å². The SMILES string of the molecule is CCN(CC(=O)Nc1ccc(S(N)(=O)=O)cc1)S(=O)(=O)c1ccc(C)cc1. The van der Waals surface area contributed by atoms with Crippen LogP contribution in [-0.4, -0.2) is 40.1 Å². The number of nitrogens with two attached hydrogens (primary N) is 1. The Hall–Kier alpha value is -2.27. The van der Waals surface area contributed by atoms with Gasteiger partial charge in [-0.1, -0.05) is 24.6 Å². The third kappa shape index (κ3) is 5.36. The highest BCUT2D eigenvalue weighted by atomic mass is 32.2. The minimum absolute atomic E-state index is 0.0855. The summed E-state index contributed by atoms with van der Waals surface area (Å²) < 4.78 is 48.9. The normalized spacial score (nSPS) is 12.1. The minimum atomic E-state index is -3.82. The largest absolute Gasteiger partial charge is 0.325 e. The van der Waals surface area contributed by atoms with Crippen molar-refractivity contribution in [2.75, 3.05) is 18.4 Å². The Labute approximate surface area is 159 Å². The maximum atomic E-state index is 12.7. The number of aryl methyl sites for hydroxylation is 1. The molecule has 0 aliphatic heterocycles. The molecule has 2 rings (SSSR count). The molecule has 2 aromatic carbocycles. The number of likely N-dealkylation sites (N-methyl/N-ethyl adjacent to an activating group) is 1. The second-order valence-corrected chi connectivity index (χ2v) is 9.36. The summed E-state index contributed by atoms with van der Waals surface area (Å²) in [6.45, 7) is 3.24. The number of carbonyl (C=O) groups excluding carboxylic acids is 1. The highest BCUT2D eigenvalue weighted by molar-refractivity contribution is 7.89. The number of anilines is 1. The molecule has 0 radical (unpaired) electrons. The van der Waals surface area contributed by atoms with E-state index < -0.39 is 26.0 Å². The van der Waals surface area contributed by atoms with E-state index in [0.29, 0.717) is 5.69 Å². The molecule has 0 unspecified atom stereocenters. The van der Waals surface area contributed by atoms with Crippen molar-refractivity contribution in [3.05, 3.63) is 54.1 Å². The molecule has 2 aromatic rings. The van der Waals surface area contributed by atoms with Crippen LogP contribution in [0.3, 0.4) is 0 Å². The molecule has 0 spiro atoms. The minimum Gasteiger partial charge on any atom is -0.325 e. The Morgan fingerprint density at radius 2 is 1.48 bits per heavy atom. The fourth-order valence-electron chi connectivity index (χ4n) is 2.31. The first kappa shape index (κ1) is 21.0. The molecule has 0 atom stereocenters. The van der Waals surface area contributed by atoms with E-state index in [-0.39, 0.29) is 22.9 Å². The van der Waals surface area contributed by atoms with Crippen molar-refractivity contribution in [3.63, 3.8) is 0 Å². The molecule has 0 aliphatic carbocycles. The van der Waals surface area contributed by atoms with Crippen LogP contribution in [0, 0.1) is 6.92 Å². The predicted octanol–water partition coefficient (Wildman–Crippen LogP) is 1.29. The van der Waals surface area contributed by atoms with Crippen molar-refractivity contribution < 1.29 is 21.6 Å². The Balaban J connectivity index is 2.11. The van der Waals surface area contributed by atoms with Gasteiger partial charge in [-0.2, -0.15) is 4.31 Å². The number of hydrogen-bond acceptors (Lipinski definition) is 5. The quantitative estimate of drug-likeness (QED) is 0.710. The maximum Gasteiger partial charge on any atom is 0.243 e.